The molecule has 1 atom stereocenters. The molecule has 2 aromatic rings. The van der Waals surface area contributed by atoms with Crippen LogP contribution in [0, 0.1) is 0 Å². The van der Waals surface area contributed by atoms with Crippen LogP contribution in [0.4, 0.5) is 5.69 Å². The molecular formula is C14H11BrIN2O2P. The molecule has 4 nitrogen and oxygen atoms in total. The number of fused-ring (bicyclic) bond motifs is 4. The minimum Gasteiger partial charge on any atom is -0.349 e. The summed E-state index contributed by atoms with van der Waals surface area (Å²) >= 11 is 5.74. The van der Waals surface area contributed by atoms with Crippen molar-refractivity contribution < 1.29 is 9.32 Å². The zero-order valence-electron chi connectivity index (χ0n) is 10.8. The van der Waals surface area contributed by atoms with Gasteiger partial charge in [0.2, 0.25) is 5.91 Å². The topological polar surface area (TPSA) is 51.2 Å². The van der Waals surface area contributed by atoms with Crippen molar-refractivity contribution in [2.45, 2.75) is 24.4 Å². The van der Waals surface area contributed by atoms with E-state index in [9.17, 15) is 4.79 Å². The molecule has 1 spiro atoms. The van der Waals surface area contributed by atoms with Gasteiger partial charge in [0, 0.05) is 15.4 Å². The van der Waals surface area contributed by atoms with Crippen LogP contribution in [0.3, 0.4) is 0 Å². The number of amides is 1. The van der Waals surface area contributed by atoms with Crippen LogP contribution in [0.5, 0.6) is 0 Å². The molecule has 7 heteroatoms. The van der Waals surface area contributed by atoms with Gasteiger partial charge in [-0.2, -0.15) is 0 Å². The van der Waals surface area contributed by atoms with Gasteiger partial charge < -0.3 is 9.84 Å². The maximum Gasteiger partial charge on any atom is 0.235 e. The van der Waals surface area contributed by atoms with Crippen LogP contribution in [-0.4, -0.2) is 17.0 Å². The van der Waals surface area contributed by atoms with Gasteiger partial charge in [0.15, 0.2) is 0 Å². The van der Waals surface area contributed by atoms with Crippen LogP contribution in [0.1, 0.15) is 18.4 Å². The summed E-state index contributed by atoms with van der Waals surface area (Å²) in [5, 5.41) is 4.04. The number of nitrogens with one attached hydrogen (secondary N) is 1. The first kappa shape index (κ1) is 14.3. The summed E-state index contributed by atoms with van der Waals surface area (Å²) in [7, 11) is 0. The smallest absolute Gasteiger partial charge is 0.235 e. The lowest BCUT2D eigenvalue weighted by atomic mass is 9.63. The fourth-order valence-electron chi connectivity index (χ4n) is 3.38. The molecule has 1 N–H and O–H groups in total. The highest BCUT2D eigenvalue weighted by atomic mass is 127. The Kier molecular flexibility index (Phi) is 3.48. The summed E-state index contributed by atoms with van der Waals surface area (Å²) in [6.45, 7) is 0.438. The first-order chi connectivity index (χ1) is 10.1. The predicted molar refractivity (Wildman–Crippen MR) is 96.2 cm³/mol. The van der Waals surface area contributed by atoms with Crippen molar-refractivity contribution >= 4 is 66.9 Å². The van der Waals surface area contributed by atoms with Gasteiger partial charge in [-0.05, 0) is 53.1 Å². The fraction of sp³-hybridized carbons (Fsp3) is 0.286. The third-order valence-corrected chi connectivity index (χ3v) is 6.03. The third kappa shape index (κ3) is 2.06. The van der Waals surface area contributed by atoms with Crippen molar-refractivity contribution in [3.8, 4) is 0 Å². The number of rotatable bonds is 2. The number of nitrogens with zero attached hydrogens (tertiary/aromatic N) is 1. The van der Waals surface area contributed by atoms with E-state index >= 15 is 0 Å². The van der Waals surface area contributed by atoms with Crippen molar-refractivity contribution in [1.29, 1.82) is 0 Å². The Balaban J connectivity index is 1.88. The van der Waals surface area contributed by atoms with Gasteiger partial charge in [-0.1, -0.05) is 15.9 Å². The lowest BCUT2D eigenvalue weighted by Gasteiger charge is -2.43. The molecule has 1 unspecified atom stereocenters. The van der Waals surface area contributed by atoms with Gasteiger partial charge in [0.05, 0.1) is 35.4 Å². The molecule has 0 saturated heterocycles. The molecule has 108 valence electrons. The fourth-order valence-corrected chi connectivity index (χ4v) is 5.12. The summed E-state index contributed by atoms with van der Waals surface area (Å²) in [6.07, 6.45) is 3.47. The average Bonchev–Trinajstić information content (AvgIpc) is 2.72. The summed E-state index contributed by atoms with van der Waals surface area (Å²) in [5.41, 5.74) is 2.43. The van der Waals surface area contributed by atoms with E-state index in [1.165, 1.54) is 0 Å². The number of halogens is 2. The zero-order valence-corrected chi connectivity index (χ0v) is 15.6. The maximum absolute atomic E-state index is 12.5. The highest BCUT2D eigenvalue weighted by Crippen LogP contribution is 2.55. The standard InChI is InChI=1S/C14H11BrIN2O2P/c15-7-1-2-10-9(3-7)12-11(6-17-10)18-13(19)14(12)4-8(5-14)20-21-16/h1-3,6,8,21H,4-5H2,(H,18,19). The first-order valence-electron chi connectivity index (χ1n) is 6.55. The van der Waals surface area contributed by atoms with E-state index in [1.807, 2.05) is 12.1 Å². The van der Waals surface area contributed by atoms with E-state index in [0.717, 1.165) is 39.5 Å². The number of hydrogen-bond acceptors (Lipinski definition) is 3. The normalized spacial score (nSPS) is 27.3. The molecule has 1 aliphatic carbocycles. The minimum absolute atomic E-state index is 0.0865. The molecule has 1 aromatic carbocycles. The molecule has 1 amide bonds. The van der Waals surface area contributed by atoms with Crippen LogP contribution in [0.2, 0.25) is 0 Å². The Labute approximate surface area is 144 Å². The number of carbonyl (C=O) groups is 1. The highest BCUT2D eigenvalue weighted by molar-refractivity contribution is 14.2. The van der Waals surface area contributed by atoms with Gasteiger partial charge in [-0.25, -0.2) is 0 Å². The van der Waals surface area contributed by atoms with Gasteiger partial charge in [0.1, 0.15) is 0 Å². The van der Waals surface area contributed by atoms with Crippen LogP contribution >= 0.6 is 44.4 Å². The Morgan fingerprint density at radius 1 is 1.48 bits per heavy atom. The van der Waals surface area contributed by atoms with E-state index in [1.54, 1.807) is 6.20 Å². The van der Waals surface area contributed by atoms with Crippen LogP contribution in [-0.2, 0) is 14.7 Å². The SMILES string of the molecule is O=C1Nc2cnc3ccc(Br)cc3c2C12CC(OPI)C2. The summed E-state index contributed by atoms with van der Waals surface area (Å²) in [4.78, 5) is 16.9. The molecular weight excluding hydrogens is 466 g/mol. The molecule has 2 heterocycles. The Hall–Kier alpha value is -0.300. The second kappa shape index (κ2) is 5.11. The Bertz CT molecular complexity index is 764. The zero-order chi connectivity index (χ0) is 14.6. The van der Waals surface area contributed by atoms with Gasteiger partial charge in [-0.15, -0.1) is 0 Å². The second-order valence-electron chi connectivity index (χ2n) is 5.47. The average molecular weight is 477 g/mol. The lowest BCUT2D eigenvalue weighted by Crippen LogP contribution is -2.49. The van der Waals surface area contributed by atoms with Crippen molar-refractivity contribution in [2.24, 2.45) is 0 Å². The number of anilines is 1. The number of benzene rings is 1. The Morgan fingerprint density at radius 3 is 3.05 bits per heavy atom. The summed E-state index contributed by atoms with van der Waals surface area (Å²) in [6, 6.07) is 6.01. The molecule has 2 aliphatic rings. The molecule has 4 rings (SSSR count). The number of pyridine rings is 1. The second-order valence-corrected chi connectivity index (χ2v) is 8.10. The first-order valence-corrected chi connectivity index (χ1v) is 11.4. The van der Waals surface area contributed by atoms with E-state index < -0.39 is 5.41 Å². The molecule has 1 aliphatic heterocycles. The van der Waals surface area contributed by atoms with Gasteiger partial charge in [0.25, 0.3) is 0 Å². The molecule has 1 saturated carbocycles. The van der Waals surface area contributed by atoms with Crippen molar-refractivity contribution in [1.82, 2.24) is 4.98 Å². The van der Waals surface area contributed by atoms with Gasteiger partial charge in [-0.3, -0.25) is 9.78 Å². The van der Waals surface area contributed by atoms with Crippen LogP contribution in [0.15, 0.2) is 28.9 Å². The van der Waals surface area contributed by atoms with E-state index in [4.69, 9.17) is 4.52 Å². The molecule has 21 heavy (non-hydrogen) atoms. The van der Waals surface area contributed by atoms with Crippen LogP contribution < -0.4 is 5.32 Å². The Morgan fingerprint density at radius 2 is 2.29 bits per heavy atom. The van der Waals surface area contributed by atoms with E-state index in [0.29, 0.717) is 6.45 Å². The van der Waals surface area contributed by atoms with Gasteiger partial charge >= 0.3 is 0 Å². The monoisotopic (exact) mass is 476 g/mol. The highest BCUT2D eigenvalue weighted by Gasteiger charge is 2.57. The number of carbonyl (C=O) groups excluding carboxylic acids is 1. The molecule has 0 radical (unpaired) electrons. The maximum atomic E-state index is 12.5. The third-order valence-electron chi connectivity index (χ3n) is 4.35. The summed E-state index contributed by atoms with van der Waals surface area (Å²) in [5.74, 6) is 0.0865. The minimum atomic E-state index is -0.432. The van der Waals surface area contributed by atoms with Crippen LogP contribution in [0.25, 0.3) is 10.9 Å². The summed E-state index contributed by atoms with van der Waals surface area (Å²) < 4.78 is 6.67. The quantitative estimate of drug-likeness (QED) is 0.519. The van der Waals surface area contributed by atoms with Crippen molar-refractivity contribution in [3.63, 3.8) is 0 Å². The lowest BCUT2D eigenvalue weighted by molar-refractivity contribution is -0.127. The number of aromatic nitrogens is 1. The van der Waals surface area contributed by atoms with Crippen molar-refractivity contribution in [3.05, 3.63) is 34.4 Å². The predicted octanol–water partition coefficient (Wildman–Crippen LogP) is 4.31. The number of hydrogen-bond donors (Lipinski definition) is 1. The molecule has 1 aromatic heterocycles. The molecule has 0 bridgehead atoms. The molecule has 1 fully saturated rings. The van der Waals surface area contributed by atoms with Crippen molar-refractivity contribution in [2.75, 3.05) is 5.32 Å². The largest absolute Gasteiger partial charge is 0.349 e. The van der Waals surface area contributed by atoms with E-state index in [2.05, 4.69) is 54.3 Å². The van der Waals surface area contributed by atoms with E-state index in [-0.39, 0.29) is 12.0 Å².